The Bertz CT molecular complexity index is 452. The second kappa shape index (κ2) is 3.87. The number of rotatable bonds is 3. The molecular formula is C9H7NO5. The fourth-order valence-corrected chi connectivity index (χ4v) is 1.20. The number of hydrogen-bond acceptors (Lipinski definition) is 4. The lowest BCUT2D eigenvalue weighted by atomic mass is 10.0. The van der Waals surface area contributed by atoms with Crippen molar-refractivity contribution in [3.63, 3.8) is 0 Å². The number of nitro groups is 1. The summed E-state index contributed by atoms with van der Waals surface area (Å²) in [6.45, 7) is 1.44. The van der Waals surface area contributed by atoms with Crippen LogP contribution in [0.4, 0.5) is 5.69 Å². The van der Waals surface area contributed by atoms with Gasteiger partial charge in [-0.05, 0) is 13.0 Å². The Balaban J connectivity index is 3.42. The van der Waals surface area contributed by atoms with E-state index in [1.165, 1.54) is 19.1 Å². The monoisotopic (exact) mass is 209 g/mol. The maximum atomic E-state index is 11.1. The molecule has 0 aliphatic carbocycles. The maximum Gasteiger partial charge on any atom is 0.377 e. The number of nitrogens with zero attached hydrogens (tertiary/aromatic N) is 1. The van der Waals surface area contributed by atoms with E-state index in [4.69, 9.17) is 5.11 Å². The van der Waals surface area contributed by atoms with Crippen molar-refractivity contribution in [2.45, 2.75) is 6.92 Å². The van der Waals surface area contributed by atoms with E-state index in [9.17, 15) is 19.7 Å². The quantitative estimate of drug-likeness (QED) is 0.348. The minimum Gasteiger partial charge on any atom is -0.475 e. The van der Waals surface area contributed by atoms with E-state index in [1.54, 1.807) is 0 Å². The molecule has 1 N–H and O–H groups in total. The van der Waals surface area contributed by atoms with Crippen LogP contribution in [-0.4, -0.2) is 21.8 Å². The van der Waals surface area contributed by atoms with E-state index in [0.29, 0.717) is 0 Å². The number of carbonyl (C=O) groups excluding carboxylic acids is 1. The zero-order valence-electron chi connectivity index (χ0n) is 7.76. The lowest BCUT2D eigenvalue weighted by Crippen LogP contribution is -2.15. The van der Waals surface area contributed by atoms with Gasteiger partial charge in [-0.15, -0.1) is 0 Å². The number of aliphatic carboxylic acids is 1. The van der Waals surface area contributed by atoms with E-state index in [1.807, 2.05) is 0 Å². The summed E-state index contributed by atoms with van der Waals surface area (Å²) in [7, 11) is 0. The van der Waals surface area contributed by atoms with Crippen LogP contribution in [0.15, 0.2) is 18.2 Å². The molecule has 1 aromatic rings. The highest BCUT2D eigenvalue weighted by Crippen LogP contribution is 2.23. The van der Waals surface area contributed by atoms with Gasteiger partial charge in [-0.25, -0.2) is 4.79 Å². The van der Waals surface area contributed by atoms with Gasteiger partial charge < -0.3 is 5.11 Å². The molecule has 0 saturated heterocycles. The lowest BCUT2D eigenvalue weighted by Gasteiger charge is -2.01. The van der Waals surface area contributed by atoms with Gasteiger partial charge in [-0.3, -0.25) is 14.9 Å². The first kappa shape index (κ1) is 10.8. The number of carboxylic acids is 1. The van der Waals surface area contributed by atoms with Gasteiger partial charge in [0.2, 0.25) is 0 Å². The van der Waals surface area contributed by atoms with Gasteiger partial charge in [-0.2, -0.15) is 0 Å². The Morgan fingerprint density at radius 2 is 2.00 bits per heavy atom. The molecule has 0 fully saturated rings. The molecule has 78 valence electrons. The number of aryl methyl sites for hydroxylation is 1. The predicted octanol–water partition coefficient (Wildman–Crippen LogP) is 1.17. The summed E-state index contributed by atoms with van der Waals surface area (Å²) in [6, 6.07) is 3.97. The molecule has 0 heterocycles. The standard InChI is InChI=1S/C9H7NO5/c1-5-3-2-4-6(7(5)10(14)15)8(11)9(12)13/h2-4H,1H3,(H,12,13). The van der Waals surface area contributed by atoms with E-state index in [-0.39, 0.29) is 5.56 Å². The molecule has 0 spiro atoms. The van der Waals surface area contributed by atoms with Crippen molar-refractivity contribution in [1.29, 1.82) is 0 Å². The smallest absolute Gasteiger partial charge is 0.377 e. The predicted molar refractivity (Wildman–Crippen MR) is 49.8 cm³/mol. The largest absolute Gasteiger partial charge is 0.475 e. The molecule has 0 amide bonds. The van der Waals surface area contributed by atoms with Gasteiger partial charge in [0.25, 0.3) is 11.5 Å². The van der Waals surface area contributed by atoms with Gasteiger partial charge in [0.1, 0.15) is 5.56 Å². The van der Waals surface area contributed by atoms with Gasteiger partial charge >= 0.3 is 5.97 Å². The third-order valence-corrected chi connectivity index (χ3v) is 1.86. The third-order valence-electron chi connectivity index (χ3n) is 1.86. The Morgan fingerprint density at radius 1 is 1.40 bits per heavy atom. The highest BCUT2D eigenvalue weighted by Gasteiger charge is 2.26. The van der Waals surface area contributed by atoms with Crippen LogP contribution in [0.5, 0.6) is 0 Å². The minimum absolute atomic E-state index is 0.257. The number of benzene rings is 1. The van der Waals surface area contributed by atoms with Crippen molar-refractivity contribution in [3.05, 3.63) is 39.4 Å². The summed E-state index contributed by atoms with van der Waals surface area (Å²) in [5, 5.41) is 19.1. The highest BCUT2D eigenvalue weighted by atomic mass is 16.6. The van der Waals surface area contributed by atoms with Crippen molar-refractivity contribution in [1.82, 2.24) is 0 Å². The van der Waals surface area contributed by atoms with Crippen LogP contribution >= 0.6 is 0 Å². The number of Topliss-reactive ketones (excluding diaryl/α,β-unsaturated/α-hetero) is 1. The summed E-state index contributed by atoms with van der Waals surface area (Å²) >= 11 is 0. The van der Waals surface area contributed by atoms with Crippen LogP contribution < -0.4 is 0 Å². The molecule has 6 nitrogen and oxygen atoms in total. The van der Waals surface area contributed by atoms with E-state index in [0.717, 1.165) is 6.07 Å². The topological polar surface area (TPSA) is 97.5 Å². The van der Waals surface area contributed by atoms with Crippen LogP contribution in [0.25, 0.3) is 0 Å². The summed E-state index contributed by atoms with van der Waals surface area (Å²) in [4.78, 5) is 31.4. The molecule has 0 atom stereocenters. The number of ketones is 1. The van der Waals surface area contributed by atoms with Gasteiger partial charge in [0, 0.05) is 5.56 Å². The van der Waals surface area contributed by atoms with Crippen molar-refractivity contribution in [2.75, 3.05) is 0 Å². The second-order valence-corrected chi connectivity index (χ2v) is 2.86. The van der Waals surface area contributed by atoms with Crippen LogP contribution in [0.2, 0.25) is 0 Å². The average Bonchev–Trinajstić information content (AvgIpc) is 2.15. The molecular weight excluding hydrogens is 202 g/mol. The maximum absolute atomic E-state index is 11.1. The first-order valence-corrected chi connectivity index (χ1v) is 3.96. The fraction of sp³-hybridized carbons (Fsp3) is 0.111. The number of para-hydroxylation sites is 1. The normalized spacial score (nSPS) is 9.67. The lowest BCUT2D eigenvalue weighted by molar-refractivity contribution is -0.385. The Morgan fingerprint density at radius 3 is 2.47 bits per heavy atom. The molecule has 0 radical (unpaired) electrons. The highest BCUT2D eigenvalue weighted by molar-refractivity contribution is 6.40. The summed E-state index contributed by atoms with van der Waals surface area (Å²) in [6.07, 6.45) is 0. The molecule has 0 aliphatic heterocycles. The van der Waals surface area contributed by atoms with Crippen LogP contribution in [-0.2, 0) is 4.79 Å². The Kier molecular flexibility index (Phi) is 2.80. The summed E-state index contributed by atoms with van der Waals surface area (Å²) in [5.74, 6) is -2.98. The fourth-order valence-electron chi connectivity index (χ4n) is 1.20. The zero-order chi connectivity index (χ0) is 11.6. The van der Waals surface area contributed by atoms with Crippen molar-refractivity contribution < 1.29 is 19.6 Å². The van der Waals surface area contributed by atoms with E-state index in [2.05, 4.69) is 0 Å². The van der Waals surface area contributed by atoms with Crippen molar-refractivity contribution in [3.8, 4) is 0 Å². The average molecular weight is 209 g/mol. The first-order valence-electron chi connectivity index (χ1n) is 3.96. The summed E-state index contributed by atoms with van der Waals surface area (Å²) in [5.41, 5.74) is -0.593. The number of hydrogen-bond donors (Lipinski definition) is 1. The van der Waals surface area contributed by atoms with Crippen LogP contribution in [0.1, 0.15) is 15.9 Å². The molecule has 6 heteroatoms. The van der Waals surface area contributed by atoms with Crippen molar-refractivity contribution >= 4 is 17.4 Å². The molecule has 0 bridgehead atoms. The molecule has 0 saturated carbocycles. The molecule has 15 heavy (non-hydrogen) atoms. The van der Waals surface area contributed by atoms with Crippen molar-refractivity contribution in [2.24, 2.45) is 0 Å². The molecule has 1 rings (SSSR count). The van der Waals surface area contributed by atoms with Gasteiger partial charge in [0.05, 0.1) is 4.92 Å². The van der Waals surface area contributed by atoms with Gasteiger partial charge in [-0.1, -0.05) is 12.1 Å². The number of nitro benzene ring substituents is 1. The molecule has 1 aromatic carbocycles. The van der Waals surface area contributed by atoms with E-state index < -0.39 is 27.9 Å². The molecule has 0 aliphatic rings. The number of carboxylic acid groups (broad SMARTS) is 1. The Labute approximate surface area is 84.3 Å². The van der Waals surface area contributed by atoms with Crippen LogP contribution in [0, 0.1) is 17.0 Å². The zero-order valence-corrected chi connectivity index (χ0v) is 7.76. The van der Waals surface area contributed by atoms with Gasteiger partial charge in [0.15, 0.2) is 0 Å². The third kappa shape index (κ3) is 1.98. The molecule has 0 aromatic heterocycles. The van der Waals surface area contributed by atoms with Crippen LogP contribution in [0.3, 0.4) is 0 Å². The Hall–Kier alpha value is -2.24. The first-order chi connectivity index (χ1) is 6.95. The number of carbonyl (C=O) groups is 2. The summed E-state index contributed by atoms with van der Waals surface area (Å²) < 4.78 is 0. The minimum atomic E-state index is -1.70. The SMILES string of the molecule is Cc1cccc(C(=O)C(=O)O)c1[N+](=O)[O-]. The van der Waals surface area contributed by atoms with E-state index >= 15 is 0 Å². The second-order valence-electron chi connectivity index (χ2n) is 2.86. The molecule has 0 unspecified atom stereocenters.